The zero-order valence-electron chi connectivity index (χ0n) is 13.8. The maximum atomic E-state index is 12.2. The Labute approximate surface area is 135 Å². The van der Waals surface area contributed by atoms with Crippen molar-refractivity contribution in [3.8, 4) is 0 Å². The Morgan fingerprint density at radius 2 is 1.65 bits per heavy atom. The summed E-state index contributed by atoms with van der Waals surface area (Å²) < 4.78 is 0. The third kappa shape index (κ3) is 3.85. The minimum absolute atomic E-state index is 0.199. The lowest BCUT2D eigenvalue weighted by Crippen LogP contribution is -2.45. The van der Waals surface area contributed by atoms with E-state index in [1.807, 2.05) is 20.8 Å². The van der Waals surface area contributed by atoms with Crippen molar-refractivity contribution in [3.63, 3.8) is 0 Å². The van der Waals surface area contributed by atoms with Gasteiger partial charge in [0, 0.05) is 30.0 Å². The Hall–Kier alpha value is -2.02. The lowest BCUT2D eigenvalue weighted by Gasteiger charge is -2.30. The number of carbonyl (C=O) groups excluding carboxylic acids is 4. The van der Waals surface area contributed by atoms with Gasteiger partial charge in [0.1, 0.15) is 0 Å². The quantitative estimate of drug-likeness (QED) is 0.544. The lowest BCUT2D eigenvalue weighted by molar-refractivity contribution is -0.187. The Kier molecular flexibility index (Phi) is 4.99. The minimum atomic E-state index is -0.536. The molecule has 2 aliphatic rings. The average Bonchev–Trinajstić information content (AvgIpc) is 2.90. The SMILES string of the molecule is CC(C)(C)N1C(=O)C=C(CCCCON2C(=O)CCC2=O)C1=O. The molecule has 0 bridgehead atoms. The van der Waals surface area contributed by atoms with Crippen LogP contribution in [0, 0.1) is 0 Å². The number of nitrogens with zero attached hydrogens (tertiary/aromatic N) is 2. The molecular weight excluding hydrogens is 300 g/mol. The van der Waals surface area contributed by atoms with Gasteiger partial charge < -0.3 is 0 Å². The van der Waals surface area contributed by atoms with Gasteiger partial charge in [0.05, 0.1) is 6.61 Å². The summed E-state index contributed by atoms with van der Waals surface area (Å²) in [6.45, 7) is 5.68. The molecule has 0 unspecified atom stereocenters. The molecule has 0 aromatic carbocycles. The van der Waals surface area contributed by atoms with Crippen LogP contribution in [0.3, 0.4) is 0 Å². The van der Waals surface area contributed by atoms with Crippen LogP contribution in [0.15, 0.2) is 11.6 Å². The molecule has 0 saturated carbocycles. The van der Waals surface area contributed by atoms with Crippen LogP contribution in [0.25, 0.3) is 0 Å². The summed E-state index contributed by atoms with van der Waals surface area (Å²) in [7, 11) is 0. The van der Waals surface area contributed by atoms with Crippen LogP contribution in [0.1, 0.15) is 52.9 Å². The maximum absolute atomic E-state index is 12.2. The van der Waals surface area contributed by atoms with Crippen molar-refractivity contribution in [2.24, 2.45) is 0 Å². The Balaban J connectivity index is 1.74. The fraction of sp³-hybridized carbons (Fsp3) is 0.625. The molecule has 0 aliphatic carbocycles. The van der Waals surface area contributed by atoms with Gasteiger partial charge in [-0.05, 0) is 40.0 Å². The first-order valence-corrected chi connectivity index (χ1v) is 7.79. The van der Waals surface area contributed by atoms with Crippen molar-refractivity contribution in [1.82, 2.24) is 9.96 Å². The van der Waals surface area contributed by atoms with Gasteiger partial charge in [-0.3, -0.25) is 28.9 Å². The minimum Gasteiger partial charge on any atom is -0.272 e. The van der Waals surface area contributed by atoms with E-state index in [0.29, 0.717) is 24.8 Å². The number of rotatable bonds is 6. The van der Waals surface area contributed by atoms with E-state index in [4.69, 9.17) is 4.84 Å². The number of imide groups is 2. The smallest absolute Gasteiger partial charge is 0.257 e. The van der Waals surface area contributed by atoms with Crippen molar-refractivity contribution in [3.05, 3.63) is 11.6 Å². The largest absolute Gasteiger partial charge is 0.272 e. The predicted octanol–water partition coefficient (Wildman–Crippen LogP) is 1.33. The zero-order chi connectivity index (χ0) is 17.2. The topological polar surface area (TPSA) is 84.0 Å². The molecule has 1 fully saturated rings. The summed E-state index contributed by atoms with van der Waals surface area (Å²) in [6.07, 6.45) is 3.49. The van der Waals surface area contributed by atoms with Crippen LogP contribution in [-0.4, -0.2) is 45.7 Å². The standard InChI is InChI=1S/C16H22N2O5/c1-16(2,3)17-14(21)10-11(15(17)22)6-4-5-9-23-18-12(19)7-8-13(18)20/h10H,4-9H2,1-3H3. The van der Waals surface area contributed by atoms with E-state index in [1.165, 1.54) is 11.0 Å². The number of hydroxylamine groups is 2. The number of amides is 4. The van der Waals surface area contributed by atoms with Gasteiger partial charge in [-0.2, -0.15) is 5.06 Å². The summed E-state index contributed by atoms with van der Waals surface area (Å²) in [5, 5.41) is 0.824. The maximum Gasteiger partial charge on any atom is 0.257 e. The second-order valence-corrected chi connectivity index (χ2v) is 6.69. The van der Waals surface area contributed by atoms with Crippen LogP contribution in [0.5, 0.6) is 0 Å². The van der Waals surface area contributed by atoms with Crippen molar-refractivity contribution in [2.75, 3.05) is 6.61 Å². The monoisotopic (exact) mass is 322 g/mol. The molecule has 2 aliphatic heterocycles. The first-order valence-electron chi connectivity index (χ1n) is 7.79. The van der Waals surface area contributed by atoms with Crippen molar-refractivity contribution in [2.45, 2.75) is 58.4 Å². The Morgan fingerprint density at radius 1 is 1.04 bits per heavy atom. The fourth-order valence-corrected chi connectivity index (χ4v) is 2.61. The number of unbranched alkanes of at least 4 members (excludes halogenated alkanes) is 1. The van der Waals surface area contributed by atoms with Crippen molar-refractivity contribution >= 4 is 23.6 Å². The van der Waals surface area contributed by atoms with Crippen LogP contribution in [-0.2, 0) is 24.0 Å². The summed E-state index contributed by atoms with van der Waals surface area (Å²) >= 11 is 0. The summed E-state index contributed by atoms with van der Waals surface area (Å²) in [5.74, 6) is -1.14. The molecule has 2 heterocycles. The van der Waals surface area contributed by atoms with E-state index in [-0.39, 0.29) is 43.1 Å². The molecule has 0 radical (unpaired) electrons. The molecular formula is C16H22N2O5. The molecule has 0 N–H and O–H groups in total. The Morgan fingerprint density at radius 3 is 2.17 bits per heavy atom. The highest BCUT2D eigenvalue weighted by Crippen LogP contribution is 2.25. The van der Waals surface area contributed by atoms with Crippen LogP contribution in [0.4, 0.5) is 0 Å². The van der Waals surface area contributed by atoms with E-state index in [2.05, 4.69) is 0 Å². The van der Waals surface area contributed by atoms with Gasteiger partial charge in [-0.15, -0.1) is 0 Å². The molecule has 0 spiro atoms. The highest BCUT2D eigenvalue weighted by atomic mass is 16.7. The number of hydrogen-bond acceptors (Lipinski definition) is 5. The average molecular weight is 322 g/mol. The van der Waals surface area contributed by atoms with E-state index < -0.39 is 5.54 Å². The zero-order valence-corrected chi connectivity index (χ0v) is 13.8. The number of carbonyl (C=O) groups is 4. The molecule has 1 saturated heterocycles. The van der Waals surface area contributed by atoms with E-state index in [0.717, 1.165) is 5.06 Å². The van der Waals surface area contributed by atoms with Crippen molar-refractivity contribution < 1.29 is 24.0 Å². The van der Waals surface area contributed by atoms with E-state index >= 15 is 0 Å². The first-order chi connectivity index (χ1) is 10.7. The molecule has 4 amide bonds. The second-order valence-electron chi connectivity index (χ2n) is 6.69. The molecule has 23 heavy (non-hydrogen) atoms. The lowest BCUT2D eigenvalue weighted by atomic mass is 10.1. The Bertz CT molecular complexity index is 558. The predicted molar refractivity (Wildman–Crippen MR) is 80.6 cm³/mol. The first kappa shape index (κ1) is 17.3. The number of hydrogen-bond donors (Lipinski definition) is 0. The molecule has 7 heteroatoms. The van der Waals surface area contributed by atoms with Crippen LogP contribution >= 0.6 is 0 Å². The molecule has 2 rings (SSSR count). The van der Waals surface area contributed by atoms with Crippen LogP contribution in [0.2, 0.25) is 0 Å². The molecule has 0 aromatic rings. The van der Waals surface area contributed by atoms with Gasteiger partial charge in [-0.25, -0.2) is 0 Å². The van der Waals surface area contributed by atoms with Gasteiger partial charge in [0.25, 0.3) is 23.6 Å². The third-order valence-electron chi connectivity index (χ3n) is 3.73. The van der Waals surface area contributed by atoms with Crippen molar-refractivity contribution in [1.29, 1.82) is 0 Å². The van der Waals surface area contributed by atoms with E-state index in [1.54, 1.807) is 0 Å². The third-order valence-corrected chi connectivity index (χ3v) is 3.73. The summed E-state index contributed by atoms with van der Waals surface area (Å²) in [6, 6.07) is 0. The highest BCUT2D eigenvalue weighted by molar-refractivity contribution is 6.16. The van der Waals surface area contributed by atoms with Gasteiger partial charge in [0.2, 0.25) is 0 Å². The van der Waals surface area contributed by atoms with Gasteiger partial charge in [-0.1, -0.05) is 0 Å². The molecule has 0 atom stereocenters. The molecule has 7 nitrogen and oxygen atoms in total. The summed E-state index contributed by atoms with van der Waals surface area (Å²) in [5.41, 5.74) is -0.0373. The van der Waals surface area contributed by atoms with E-state index in [9.17, 15) is 19.2 Å². The van der Waals surface area contributed by atoms with Crippen LogP contribution < -0.4 is 0 Å². The summed E-state index contributed by atoms with van der Waals surface area (Å²) in [4.78, 5) is 53.3. The highest BCUT2D eigenvalue weighted by Gasteiger charge is 2.38. The molecule has 126 valence electrons. The van der Waals surface area contributed by atoms with Gasteiger partial charge in [0.15, 0.2) is 0 Å². The fourth-order valence-electron chi connectivity index (χ4n) is 2.61. The second kappa shape index (κ2) is 6.62. The molecule has 0 aromatic heterocycles. The van der Waals surface area contributed by atoms with Gasteiger partial charge >= 0.3 is 0 Å². The normalized spacial score (nSPS) is 19.2.